The third-order valence-corrected chi connectivity index (χ3v) is 5.68. The number of aliphatic carboxylic acids is 2. The average molecular weight is 602 g/mol. The highest BCUT2D eigenvalue weighted by Crippen LogP contribution is 2.25. The molecule has 0 spiro atoms. The summed E-state index contributed by atoms with van der Waals surface area (Å²) < 4.78 is 67.4. The summed E-state index contributed by atoms with van der Waals surface area (Å²) in [4.78, 5) is 36.3. The monoisotopic (exact) mass is 602 g/mol. The van der Waals surface area contributed by atoms with Gasteiger partial charge in [-0.25, -0.2) is 19.6 Å². The highest BCUT2D eigenvalue weighted by atomic mass is 19.4. The number of rotatable bonds is 4. The standard InChI is InChI=1S/C20H22N8.2C2HF3O2/c1-25-14-16(12-24-25)18-13-23-20-19(22-6-7-28(18)20)27-10-8-26(9-11-27)15-17-4-2-3-5-21-17;2*3-2(4,5)1(6)7/h2-7,12-14H,8-11,15H2,1H3;2*(H,6,7). The van der Waals surface area contributed by atoms with Gasteiger partial charge in [-0.2, -0.15) is 31.4 Å². The number of pyridine rings is 1. The number of imidazole rings is 1. The number of anilines is 1. The maximum atomic E-state index is 10.6. The Bertz CT molecular complexity index is 1460. The SMILES string of the molecule is Cn1cc(-c2cnc3c(N4CCN(Cc5ccccn5)CC4)nccn23)cn1.O=C(O)C(F)(F)F.O=C(O)C(F)(F)F. The molecule has 0 aliphatic carbocycles. The largest absolute Gasteiger partial charge is 0.490 e. The van der Waals surface area contributed by atoms with Crippen molar-refractivity contribution < 1.29 is 46.1 Å². The molecule has 42 heavy (non-hydrogen) atoms. The van der Waals surface area contributed by atoms with Crippen LogP contribution >= 0.6 is 0 Å². The summed E-state index contributed by atoms with van der Waals surface area (Å²) in [5.74, 6) is -4.57. The minimum absolute atomic E-state index is 0.888. The van der Waals surface area contributed by atoms with Crippen molar-refractivity contribution in [2.45, 2.75) is 18.9 Å². The second-order valence-electron chi connectivity index (χ2n) is 8.68. The summed E-state index contributed by atoms with van der Waals surface area (Å²) in [5.41, 5.74) is 4.08. The molecule has 1 aliphatic rings. The molecular weight excluding hydrogens is 578 g/mol. The molecule has 5 heterocycles. The smallest absolute Gasteiger partial charge is 0.475 e. The molecule has 0 radical (unpaired) electrons. The van der Waals surface area contributed by atoms with Gasteiger partial charge in [-0.1, -0.05) is 6.07 Å². The first-order valence-electron chi connectivity index (χ1n) is 12.0. The highest BCUT2D eigenvalue weighted by Gasteiger charge is 2.38. The van der Waals surface area contributed by atoms with E-state index in [1.807, 2.05) is 56.4 Å². The number of halogens is 6. The first-order valence-corrected chi connectivity index (χ1v) is 12.0. The number of carboxylic acid groups (broad SMARTS) is 2. The number of piperazine rings is 1. The number of carbonyl (C=O) groups is 2. The summed E-state index contributed by atoms with van der Waals surface area (Å²) in [6.07, 6.45) is 1.26. The van der Waals surface area contributed by atoms with E-state index in [0.29, 0.717) is 0 Å². The fraction of sp³-hybridized carbons (Fsp3) is 0.333. The molecule has 0 saturated carbocycles. The van der Waals surface area contributed by atoms with Crippen molar-refractivity contribution in [1.29, 1.82) is 0 Å². The second kappa shape index (κ2) is 13.3. The Morgan fingerprint density at radius 3 is 2.00 bits per heavy atom. The number of alkyl halides is 6. The van der Waals surface area contributed by atoms with Crippen molar-refractivity contribution in [3.05, 3.63) is 61.1 Å². The van der Waals surface area contributed by atoms with Crippen LogP contribution in [0.3, 0.4) is 0 Å². The van der Waals surface area contributed by atoms with Gasteiger partial charge >= 0.3 is 24.3 Å². The number of nitrogens with zero attached hydrogens (tertiary/aromatic N) is 8. The van der Waals surface area contributed by atoms with Crippen molar-refractivity contribution in [3.8, 4) is 11.3 Å². The van der Waals surface area contributed by atoms with Gasteiger partial charge in [0.15, 0.2) is 11.5 Å². The zero-order valence-corrected chi connectivity index (χ0v) is 21.8. The van der Waals surface area contributed by atoms with E-state index in [4.69, 9.17) is 19.8 Å². The summed E-state index contributed by atoms with van der Waals surface area (Å²) in [6, 6.07) is 6.08. The maximum absolute atomic E-state index is 10.6. The van der Waals surface area contributed by atoms with E-state index < -0.39 is 24.3 Å². The Labute approximate surface area is 233 Å². The Hall–Kier alpha value is -4.74. The van der Waals surface area contributed by atoms with Crippen LogP contribution in [0.4, 0.5) is 32.2 Å². The van der Waals surface area contributed by atoms with Gasteiger partial charge in [0.05, 0.1) is 23.8 Å². The number of hydrogen-bond donors (Lipinski definition) is 2. The first kappa shape index (κ1) is 31.8. The number of fused-ring (bicyclic) bond motifs is 1. The number of carboxylic acids is 2. The van der Waals surface area contributed by atoms with Crippen molar-refractivity contribution >= 4 is 23.4 Å². The predicted octanol–water partition coefficient (Wildman–Crippen LogP) is 3.11. The molecule has 0 bridgehead atoms. The van der Waals surface area contributed by atoms with Crippen LogP contribution in [-0.4, -0.2) is 94.7 Å². The fourth-order valence-electron chi connectivity index (χ4n) is 3.73. The summed E-state index contributed by atoms with van der Waals surface area (Å²) in [7, 11) is 1.92. The van der Waals surface area contributed by atoms with Gasteiger partial charge in [-0.3, -0.25) is 19.0 Å². The van der Waals surface area contributed by atoms with Crippen molar-refractivity contribution in [2.24, 2.45) is 7.05 Å². The molecule has 0 atom stereocenters. The second-order valence-corrected chi connectivity index (χ2v) is 8.68. The highest BCUT2D eigenvalue weighted by molar-refractivity contribution is 5.73. The molecule has 4 aromatic rings. The van der Waals surface area contributed by atoms with Gasteiger partial charge in [0, 0.05) is 70.1 Å². The van der Waals surface area contributed by atoms with E-state index in [0.717, 1.165) is 61.1 Å². The van der Waals surface area contributed by atoms with Crippen molar-refractivity contribution in [1.82, 2.24) is 34.0 Å². The quantitative estimate of drug-likeness (QED) is 0.335. The topological polar surface area (TPSA) is 142 Å². The van der Waals surface area contributed by atoms with Crippen LogP contribution in [0.2, 0.25) is 0 Å². The predicted molar refractivity (Wildman–Crippen MR) is 134 cm³/mol. The van der Waals surface area contributed by atoms with Gasteiger partial charge in [-0.05, 0) is 12.1 Å². The summed E-state index contributed by atoms with van der Waals surface area (Å²) in [6.45, 7) is 4.70. The summed E-state index contributed by atoms with van der Waals surface area (Å²) >= 11 is 0. The number of aryl methyl sites for hydroxylation is 1. The normalized spacial score (nSPS) is 14.0. The minimum atomic E-state index is -5.08. The third-order valence-electron chi connectivity index (χ3n) is 5.68. The molecule has 0 aromatic carbocycles. The number of hydrogen-bond acceptors (Lipinski definition) is 8. The molecule has 2 N–H and O–H groups in total. The molecule has 5 rings (SSSR count). The molecule has 12 nitrogen and oxygen atoms in total. The molecule has 1 aliphatic heterocycles. The van der Waals surface area contributed by atoms with Gasteiger partial charge < -0.3 is 15.1 Å². The van der Waals surface area contributed by atoms with Crippen LogP contribution in [0.5, 0.6) is 0 Å². The van der Waals surface area contributed by atoms with Gasteiger partial charge in [0.25, 0.3) is 0 Å². The Balaban J connectivity index is 0.000000289. The maximum Gasteiger partial charge on any atom is 0.490 e. The van der Waals surface area contributed by atoms with Gasteiger partial charge in [0.1, 0.15) is 0 Å². The molecule has 0 unspecified atom stereocenters. The lowest BCUT2D eigenvalue weighted by Gasteiger charge is -2.35. The lowest BCUT2D eigenvalue weighted by atomic mass is 10.2. The molecule has 1 fully saturated rings. The lowest BCUT2D eigenvalue weighted by molar-refractivity contribution is -0.193. The van der Waals surface area contributed by atoms with E-state index in [9.17, 15) is 26.3 Å². The molecule has 18 heteroatoms. The van der Waals surface area contributed by atoms with E-state index in [1.165, 1.54) is 0 Å². The fourth-order valence-corrected chi connectivity index (χ4v) is 3.73. The average Bonchev–Trinajstić information content (AvgIpc) is 3.55. The van der Waals surface area contributed by atoms with Crippen LogP contribution in [0.15, 0.2) is 55.4 Å². The van der Waals surface area contributed by atoms with Crippen LogP contribution in [0, 0.1) is 0 Å². The zero-order chi connectivity index (χ0) is 31.1. The Kier molecular flexibility index (Phi) is 10.1. The Morgan fingerprint density at radius 2 is 1.50 bits per heavy atom. The molecule has 0 amide bonds. The van der Waals surface area contributed by atoms with Crippen molar-refractivity contribution in [2.75, 3.05) is 31.1 Å². The zero-order valence-electron chi connectivity index (χ0n) is 21.8. The van der Waals surface area contributed by atoms with E-state index in [2.05, 4.69) is 40.3 Å². The molecule has 1 saturated heterocycles. The van der Waals surface area contributed by atoms with Crippen molar-refractivity contribution in [3.63, 3.8) is 0 Å². The van der Waals surface area contributed by atoms with E-state index >= 15 is 0 Å². The molecule has 226 valence electrons. The molecule has 4 aromatic heterocycles. The van der Waals surface area contributed by atoms with Crippen LogP contribution in [0.25, 0.3) is 16.9 Å². The van der Waals surface area contributed by atoms with E-state index in [1.54, 1.807) is 4.68 Å². The minimum Gasteiger partial charge on any atom is -0.475 e. The molecular formula is C24H24F6N8O4. The van der Waals surface area contributed by atoms with Crippen LogP contribution in [0.1, 0.15) is 5.69 Å². The van der Waals surface area contributed by atoms with E-state index in [-0.39, 0.29) is 0 Å². The third kappa shape index (κ3) is 8.63. The summed E-state index contributed by atoms with van der Waals surface area (Å²) in [5, 5.41) is 18.5. The van der Waals surface area contributed by atoms with Gasteiger partial charge in [0.2, 0.25) is 0 Å². The lowest BCUT2D eigenvalue weighted by Crippen LogP contribution is -2.46. The first-order chi connectivity index (χ1) is 19.7. The number of aromatic nitrogens is 6. The Morgan fingerprint density at radius 1 is 0.881 bits per heavy atom. The van der Waals surface area contributed by atoms with Gasteiger partial charge in [-0.15, -0.1) is 0 Å². The van der Waals surface area contributed by atoms with Crippen LogP contribution in [-0.2, 0) is 23.2 Å². The van der Waals surface area contributed by atoms with Crippen LogP contribution < -0.4 is 4.90 Å².